The number of nitrogens with two attached hydrogens (primary N) is 1. The van der Waals surface area contributed by atoms with E-state index in [0.717, 1.165) is 0 Å². The Kier molecular flexibility index (Phi) is 6.68. The molecule has 0 spiro atoms. The minimum absolute atomic E-state index is 0.0148. The fraction of sp³-hybridized carbons (Fsp3) is 0.733. The average Bonchev–Trinajstić information content (AvgIpc) is 2.80. The summed E-state index contributed by atoms with van der Waals surface area (Å²) in [6, 6.07) is -1.71. The summed E-state index contributed by atoms with van der Waals surface area (Å²) in [5.41, 5.74) is 5.76. The van der Waals surface area contributed by atoms with Crippen molar-refractivity contribution in [2.75, 3.05) is 13.6 Å². The number of carbonyl (C=O) groups is 4. The number of nitrogens with one attached hydrogen (secondary N) is 1. The van der Waals surface area contributed by atoms with Crippen molar-refractivity contribution in [3.8, 4) is 0 Å². The second kappa shape index (κ2) is 8.05. The van der Waals surface area contributed by atoms with Gasteiger partial charge in [0, 0.05) is 32.4 Å². The molecule has 0 radical (unpaired) electrons. The van der Waals surface area contributed by atoms with E-state index in [-0.39, 0.29) is 43.4 Å². The molecule has 0 aromatic rings. The smallest absolute Gasteiger partial charge is 0.303 e. The molecule has 1 rings (SSSR count). The van der Waals surface area contributed by atoms with Crippen molar-refractivity contribution < 1.29 is 24.3 Å². The summed E-state index contributed by atoms with van der Waals surface area (Å²) in [6.07, 6.45) is -0.172. The van der Waals surface area contributed by atoms with Crippen molar-refractivity contribution in [1.29, 1.82) is 0 Å². The van der Waals surface area contributed by atoms with Gasteiger partial charge in [0.1, 0.15) is 0 Å². The number of amides is 2. The molecule has 1 fully saturated rings. The van der Waals surface area contributed by atoms with Crippen LogP contribution in [0.4, 0.5) is 0 Å². The summed E-state index contributed by atoms with van der Waals surface area (Å²) in [5, 5.41) is 11.4. The molecule has 0 saturated carbocycles. The van der Waals surface area contributed by atoms with Gasteiger partial charge in [-0.2, -0.15) is 0 Å². The highest BCUT2D eigenvalue weighted by molar-refractivity contribution is 5.96. The topological polar surface area (TPSA) is 130 Å². The van der Waals surface area contributed by atoms with Crippen LogP contribution in [0.5, 0.6) is 0 Å². The Morgan fingerprint density at radius 2 is 2.00 bits per heavy atom. The summed E-state index contributed by atoms with van der Waals surface area (Å²) < 4.78 is 0. The molecule has 3 atom stereocenters. The molecule has 1 aliphatic rings. The molecule has 1 saturated heterocycles. The number of Topliss-reactive ketones (excluding diaryl/α,β-unsaturated/α-hetero) is 1. The Hall–Kier alpha value is -1.96. The van der Waals surface area contributed by atoms with Crippen LogP contribution >= 0.6 is 0 Å². The van der Waals surface area contributed by atoms with Gasteiger partial charge in [0.05, 0.1) is 12.1 Å². The molecule has 2 amide bonds. The molecule has 8 nitrogen and oxygen atoms in total. The number of likely N-dealkylation sites (tertiary alicyclic amines) is 1. The lowest BCUT2D eigenvalue weighted by Gasteiger charge is -2.23. The van der Waals surface area contributed by atoms with E-state index in [4.69, 9.17) is 10.8 Å². The zero-order chi connectivity index (χ0) is 17.7. The highest BCUT2D eigenvalue weighted by Gasteiger charge is 2.36. The molecule has 23 heavy (non-hydrogen) atoms. The van der Waals surface area contributed by atoms with E-state index in [1.807, 2.05) is 0 Å². The molecule has 0 aromatic carbocycles. The first-order valence-corrected chi connectivity index (χ1v) is 7.69. The van der Waals surface area contributed by atoms with Gasteiger partial charge in [-0.05, 0) is 12.3 Å². The van der Waals surface area contributed by atoms with Crippen molar-refractivity contribution in [3.63, 3.8) is 0 Å². The SMILES string of the molecule is CC(C)[C@H](N)C(=O)N[C@@H](CCC(=O)O)C(=O)C1CC(=O)N(C)C1. The number of ketones is 1. The lowest BCUT2D eigenvalue weighted by atomic mass is 9.93. The van der Waals surface area contributed by atoms with Crippen molar-refractivity contribution >= 4 is 23.6 Å². The molecule has 1 heterocycles. The second-order valence-electron chi connectivity index (χ2n) is 6.34. The van der Waals surface area contributed by atoms with E-state index in [1.165, 1.54) is 4.90 Å². The van der Waals surface area contributed by atoms with Gasteiger partial charge in [-0.3, -0.25) is 19.2 Å². The molecule has 130 valence electrons. The third kappa shape index (κ3) is 5.31. The molecule has 8 heteroatoms. The summed E-state index contributed by atoms with van der Waals surface area (Å²) in [5.74, 6) is -2.61. The van der Waals surface area contributed by atoms with Crippen molar-refractivity contribution in [1.82, 2.24) is 10.2 Å². The van der Waals surface area contributed by atoms with E-state index in [2.05, 4.69) is 5.32 Å². The predicted molar refractivity (Wildman–Crippen MR) is 82.4 cm³/mol. The van der Waals surface area contributed by atoms with Gasteiger partial charge in [-0.25, -0.2) is 0 Å². The number of aliphatic carboxylic acids is 1. The highest BCUT2D eigenvalue weighted by Crippen LogP contribution is 2.20. The summed E-state index contributed by atoms with van der Waals surface area (Å²) in [6.45, 7) is 3.85. The number of hydrogen-bond acceptors (Lipinski definition) is 5. The van der Waals surface area contributed by atoms with Gasteiger partial charge in [-0.15, -0.1) is 0 Å². The first kappa shape index (κ1) is 19.1. The van der Waals surface area contributed by atoms with Crippen LogP contribution < -0.4 is 11.1 Å². The molecule has 4 N–H and O–H groups in total. The van der Waals surface area contributed by atoms with Gasteiger partial charge >= 0.3 is 5.97 Å². The fourth-order valence-electron chi connectivity index (χ4n) is 2.46. The number of nitrogens with zero attached hydrogens (tertiary/aromatic N) is 1. The summed E-state index contributed by atoms with van der Waals surface area (Å²) >= 11 is 0. The molecule has 1 unspecified atom stereocenters. The minimum Gasteiger partial charge on any atom is -0.481 e. The van der Waals surface area contributed by atoms with Gasteiger partial charge in [0.2, 0.25) is 11.8 Å². The molecule has 0 aromatic heterocycles. The van der Waals surface area contributed by atoms with Crippen LogP contribution in [-0.4, -0.2) is 59.2 Å². The van der Waals surface area contributed by atoms with E-state index in [0.29, 0.717) is 0 Å². The largest absolute Gasteiger partial charge is 0.481 e. The quantitative estimate of drug-likeness (QED) is 0.544. The van der Waals surface area contributed by atoms with Crippen molar-refractivity contribution in [2.45, 2.75) is 45.2 Å². The van der Waals surface area contributed by atoms with Crippen LogP contribution in [0.15, 0.2) is 0 Å². The summed E-state index contributed by atoms with van der Waals surface area (Å²) in [4.78, 5) is 48.4. The molecular weight excluding hydrogens is 302 g/mol. The number of carbonyl (C=O) groups excluding carboxylic acids is 3. The fourth-order valence-corrected chi connectivity index (χ4v) is 2.46. The molecule has 1 aliphatic heterocycles. The lowest BCUT2D eigenvalue weighted by molar-refractivity contribution is -0.138. The zero-order valence-corrected chi connectivity index (χ0v) is 13.7. The second-order valence-corrected chi connectivity index (χ2v) is 6.34. The van der Waals surface area contributed by atoms with Crippen LogP contribution in [-0.2, 0) is 19.2 Å². The zero-order valence-electron chi connectivity index (χ0n) is 13.7. The molecule has 0 aliphatic carbocycles. The lowest BCUT2D eigenvalue weighted by Crippen LogP contribution is -2.51. The van der Waals surface area contributed by atoms with Crippen LogP contribution in [0.2, 0.25) is 0 Å². The summed E-state index contributed by atoms with van der Waals surface area (Å²) in [7, 11) is 1.61. The maximum Gasteiger partial charge on any atom is 0.303 e. The van der Waals surface area contributed by atoms with E-state index in [9.17, 15) is 19.2 Å². The minimum atomic E-state index is -1.05. The Balaban J connectivity index is 2.79. The Morgan fingerprint density at radius 1 is 1.39 bits per heavy atom. The number of carboxylic acids is 1. The maximum absolute atomic E-state index is 12.5. The normalized spacial score (nSPS) is 20.5. The van der Waals surface area contributed by atoms with Crippen molar-refractivity contribution in [3.05, 3.63) is 0 Å². The first-order valence-electron chi connectivity index (χ1n) is 7.69. The van der Waals surface area contributed by atoms with Gasteiger partial charge in [0.25, 0.3) is 0 Å². The maximum atomic E-state index is 12.5. The van der Waals surface area contributed by atoms with Crippen LogP contribution in [0.3, 0.4) is 0 Å². The van der Waals surface area contributed by atoms with Gasteiger partial charge in [0.15, 0.2) is 5.78 Å². The van der Waals surface area contributed by atoms with Crippen LogP contribution in [0.25, 0.3) is 0 Å². The van der Waals surface area contributed by atoms with E-state index in [1.54, 1.807) is 20.9 Å². The number of rotatable bonds is 8. The monoisotopic (exact) mass is 327 g/mol. The Morgan fingerprint density at radius 3 is 2.43 bits per heavy atom. The Labute approximate surface area is 135 Å². The third-order valence-electron chi connectivity index (χ3n) is 4.07. The standard InChI is InChI=1S/C15H25N3O5/c1-8(2)13(16)15(23)17-10(4-5-12(20)21)14(22)9-6-11(19)18(3)7-9/h8-10,13H,4-7,16H2,1-3H3,(H,17,23)(H,20,21)/t9?,10-,13-/m0/s1. The first-order chi connectivity index (χ1) is 10.6. The molecule has 0 bridgehead atoms. The van der Waals surface area contributed by atoms with Gasteiger partial charge < -0.3 is 21.1 Å². The van der Waals surface area contributed by atoms with Crippen LogP contribution in [0.1, 0.15) is 33.1 Å². The average molecular weight is 327 g/mol. The van der Waals surface area contributed by atoms with Crippen molar-refractivity contribution in [2.24, 2.45) is 17.6 Å². The number of hydrogen-bond donors (Lipinski definition) is 3. The van der Waals surface area contributed by atoms with Crippen LogP contribution in [0, 0.1) is 11.8 Å². The van der Waals surface area contributed by atoms with Gasteiger partial charge in [-0.1, -0.05) is 13.8 Å². The van der Waals surface area contributed by atoms with E-state index >= 15 is 0 Å². The Bertz CT molecular complexity index is 492. The number of carboxylic acid groups (broad SMARTS) is 1. The third-order valence-corrected chi connectivity index (χ3v) is 4.07. The molecular formula is C15H25N3O5. The van der Waals surface area contributed by atoms with E-state index < -0.39 is 29.9 Å². The predicted octanol–water partition coefficient (Wildman–Crippen LogP) is -0.633. The highest BCUT2D eigenvalue weighted by atomic mass is 16.4.